The summed E-state index contributed by atoms with van der Waals surface area (Å²) in [5.41, 5.74) is 2.71. The quantitative estimate of drug-likeness (QED) is 0.921. The summed E-state index contributed by atoms with van der Waals surface area (Å²) in [5, 5.41) is 4.30. The normalized spacial score (nSPS) is 25.2. The molecular weight excluding hydrogens is 270 g/mol. The minimum Gasteiger partial charge on any atom is -0.315 e. The summed E-state index contributed by atoms with van der Waals surface area (Å²) in [7, 11) is 0. The average molecular weight is 294 g/mol. The smallest absolute Gasteiger partial charge is 0.0408 e. The average Bonchev–Trinajstić information content (AvgIpc) is 2.97. The first kappa shape index (κ1) is 14.3. The Hall–Kier alpha value is -0.610. The monoisotopic (exact) mass is 293 g/mol. The molecule has 0 spiro atoms. The minimum atomic E-state index is 0.773. The van der Waals surface area contributed by atoms with Crippen LogP contribution in [0.3, 0.4) is 0 Å². The largest absolute Gasteiger partial charge is 0.315 e. The van der Waals surface area contributed by atoms with Crippen molar-refractivity contribution in [1.82, 2.24) is 15.1 Å². The fourth-order valence-corrected chi connectivity index (χ4v) is 3.54. The van der Waals surface area contributed by atoms with Crippen molar-refractivity contribution in [1.29, 1.82) is 0 Å². The molecule has 0 saturated carbocycles. The van der Waals surface area contributed by atoms with Gasteiger partial charge < -0.3 is 5.32 Å². The SMILES string of the molecule is Cc1cc(Cl)ccc1CN1CCN(C2CCNC2)CC1. The van der Waals surface area contributed by atoms with Crippen molar-refractivity contribution in [3.63, 3.8) is 0 Å². The van der Waals surface area contributed by atoms with E-state index < -0.39 is 0 Å². The van der Waals surface area contributed by atoms with E-state index in [2.05, 4.69) is 34.2 Å². The Kier molecular flexibility index (Phi) is 4.61. The molecule has 0 bridgehead atoms. The number of nitrogens with one attached hydrogen (secondary N) is 1. The molecule has 2 aliphatic rings. The fourth-order valence-electron chi connectivity index (χ4n) is 3.32. The van der Waals surface area contributed by atoms with Crippen LogP contribution in [0, 0.1) is 6.92 Å². The molecular formula is C16H24ClN3. The second-order valence-electron chi connectivity index (χ2n) is 6.03. The standard InChI is InChI=1S/C16H24ClN3/c1-13-10-15(17)3-2-14(13)12-19-6-8-20(9-7-19)16-4-5-18-11-16/h2-3,10,16,18H,4-9,11-12H2,1H3. The summed E-state index contributed by atoms with van der Waals surface area (Å²) in [6, 6.07) is 7.02. The molecule has 20 heavy (non-hydrogen) atoms. The Morgan fingerprint density at radius 2 is 2.05 bits per heavy atom. The molecule has 0 radical (unpaired) electrons. The van der Waals surface area contributed by atoms with Gasteiger partial charge in [-0.15, -0.1) is 0 Å². The third kappa shape index (κ3) is 3.34. The maximum atomic E-state index is 6.03. The Labute approximate surface area is 126 Å². The van der Waals surface area contributed by atoms with Crippen molar-refractivity contribution >= 4 is 11.6 Å². The number of benzene rings is 1. The molecule has 0 amide bonds. The highest BCUT2D eigenvalue weighted by Crippen LogP contribution is 2.18. The molecule has 4 heteroatoms. The number of rotatable bonds is 3. The number of aryl methyl sites for hydroxylation is 1. The van der Waals surface area contributed by atoms with E-state index in [4.69, 9.17) is 11.6 Å². The molecule has 2 heterocycles. The van der Waals surface area contributed by atoms with Gasteiger partial charge in [0.25, 0.3) is 0 Å². The molecule has 110 valence electrons. The third-order valence-corrected chi connectivity index (χ3v) is 4.89. The topological polar surface area (TPSA) is 18.5 Å². The van der Waals surface area contributed by atoms with E-state index in [0.717, 1.165) is 17.6 Å². The van der Waals surface area contributed by atoms with E-state index in [-0.39, 0.29) is 0 Å². The summed E-state index contributed by atoms with van der Waals surface area (Å²) < 4.78 is 0. The molecule has 3 nitrogen and oxygen atoms in total. The lowest BCUT2D eigenvalue weighted by molar-refractivity contribution is 0.0980. The number of nitrogens with zero attached hydrogens (tertiary/aromatic N) is 2. The molecule has 2 fully saturated rings. The lowest BCUT2D eigenvalue weighted by Crippen LogP contribution is -2.50. The number of halogens is 1. The van der Waals surface area contributed by atoms with E-state index in [9.17, 15) is 0 Å². The zero-order valence-corrected chi connectivity index (χ0v) is 13.0. The second-order valence-corrected chi connectivity index (χ2v) is 6.47. The van der Waals surface area contributed by atoms with Crippen molar-refractivity contribution in [3.8, 4) is 0 Å². The molecule has 2 aliphatic heterocycles. The van der Waals surface area contributed by atoms with Crippen LogP contribution in [0.15, 0.2) is 18.2 Å². The van der Waals surface area contributed by atoms with Crippen LogP contribution in [-0.2, 0) is 6.54 Å². The van der Waals surface area contributed by atoms with Crippen LogP contribution in [0.4, 0.5) is 0 Å². The van der Waals surface area contributed by atoms with Crippen LogP contribution in [-0.4, -0.2) is 55.1 Å². The van der Waals surface area contributed by atoms with Gasteiger partial charge in [0, 0.05) is 50.3 Å². The van der Waals surface area contributed by atoms with E-state index in [0.29, 0.717) is 0 Å². The van der Waals surface area contributed by atoms with Crippen LogP contribution < -0.4 is 5.32 Å². The number of piperazine rings is 1. The lowest BCUT2D eigenvalue weighted by atomic mass is 10.1. The highest BCUT2D eigenvalue weighted by atomic mass is 35.5. The molecule has 1 aromatic carbocycles. The highest BCUT2D eigenvalue weighted by molar-refractivity contribution is 6.30. The molecule has 0 aliphatic carbocycles. The van der Waals surface area contributed by atoms with Gasteiger partial charge in [-0.25, -0.2) is 0 Å². The van der Waals surface area contributed by atoms with Crippen LogP contribution in [0.5, 0.6) is 0 Å². The fraction of sp³-hybridized carbons (Fsp3) is 0.625. The zero-order chi connectivity index (χ0) is 13.9. The summed E-state index contributed by atoms with van der Waals surface area (Å²) in [5.74, 6) is 0. The van der Waals surface area contributed by atoms with E-state index in [1.54, 1.807) is 0 Å². The van der Waals surface area contributed by atoms with Crippen LogP contribution in [0.25, 0.3) is 0 Å². The Bertz CT molecular complexity index is 449. The van der Waals surface area contributed by atoms with Gasteiger partial charge >= 0.3 is 0 Å². The molecule has 1 atom stereocenters. The Balaban J connectivity index is 1.53. The Morgan fingerprint density at radius 1 is 1.25 bits per heavy atom. The van der Waals surface area contributed by atoms with Crippen molar-refractivity contribution in [3.05, 3.63) is 34.3 Å². The van der Waals surface area contributed by atoms with Crippen LogP contribution >= 0.6 is 11.6 Å². The lowest BCUT2D eigenvalue weighted by Gasteiger charge is -2.38. The van der Waals surface area contributed by atoms with E-state index >= 15 is 0 Å². The summed E-state index contributed by atoms with van der Waals surface area (Å²) in [4.78, 5) is 5.22. The molecule has 1 unspecified atom stereocenters. The van der Waals surface area contributed by atoms with E-state index in [1.165, 1.54) is 56.8 Å². The van der Waals surface area contributed by atoms with Crippen molar-refractivity contribution in [2.45, 2.75) is 25.9 Å². The molecule has 2 saturated heterocycles. The number of hydrogen-bond donors (Lipinski definition) is 1. The van der Waals surface area contributed by atoms with Gasteiger partial charge in [0.05, 0.1) is 0 Å². The predicted molar refractivity (Wildman–Crippen MR) is 84.3 cm³/mol. The molecule has 1 N–H and O–H groups in total. The van der Waals surface area contributed by atoms with E-state index in [1.807, 2.05) is 6.07 Å². The second kappa shape index (κ2) is 6.44. The summed E-state index contributed by atoms with van der Waals surface area (Å²) >= 11 is 6.03. The number of hydrogen-bond acceptors (Lipinski definition) is 3. The molecule has 1 aromatic rings. The third-order valence-electron chi connectivity index (χ3n) is 4.66. The first-order valence-electron chi connectivity index (χ1n) is 7.64. The van der Waals surface area contributed by atoms with Gasteiger partial charge in [0.2, 0.25) is 0 Å². The van der Waals surface area contributed by atoms with Crippen molar-refractivity contribution in [2.24, 2.45) is 0 Å². The van der Waals surface area contributed by atoms with Gasteiger partial charge in [-0.05, 0) is 43.1 Å². The van der Waals surface area contributed by atoms with Gasteiger partial charge in [0.15, 0.2) is 0 Å². The molecule has 0 aromatic heterocycles. The van der Waals surface area contributed by atoms with Crippen LogP contribution in [0.1, 0.15) is 17.5 Å². The van der Waals surface area contributed by atoms with Crippen LogP contribution in [0.2, 0.25) is 5.02 Å². The molecule has 3 rings (SSSR count). The summed E-state index contributed by atoms with van der Waals surface area (Å²) in [6.07, 6.45) is 1.32. The van der Waals surface area contributed by atoms with Gasteiger partial charge in [-0.2, -0.15) is 0 Å². The highest BCUT2D eigenvalue weighted by Gasteiger charge is 2.25. The maximum Gasteiger partial charge on any atom is 0.0408 e. The first-order chi connectivity index (χ1) is 9.72. The predicted octanol–water partition coefficient (Wildman–Crippen LogP) is 2.13. The minimum absolute atomic E-state index is 0.773. The Morgan fingerprint density at radius 3 is 2.70 bits per heavy atom. The maximum absolute atomic E-state index is 6.03. The van der Waals surface area contributed by atoms with Crippen molar-refractivity contribution in [2.75, 3.05) is 39.3 Å². The van der Waals surface area contributed by atoms with Gasteiger partial charge in [0.1, 0.15) is 0 Å². The van der Waals surface area contributed by atoms with Crippen molar-refractivity contribution < 1.29 is 0 Å². The van der Waals surface area contributed by atoms with Gasteiger partial charge in [-0.3, -0.25) is 9.80 Å². The zero-order valence-electron chi connectivity index (χ0n) is 12.2. The first-order valence-corrected chi connectivity index (χ1v) is 8.02. The summed E-state index contributed by atoms with van der Waals surface area (Å²) in [6.45, 7) is 10.3. The van der Waals surface area contributed by atoms with Gasteiger partial charge in [-0.1, -0.05) is 17.7 Å².